The summed E-state index contributed by atoms with van der Waals surface area (Å²) >= 11 is 0. The summed E-state index contributed by atoms with van der Waals surface area (Å²) in [7, 11) is 0. The van der Waals surface area contributed by atoms with Gasteiger partial charge in [0.2, 0.25) is 5.91 Å². The molecule has 2 N–H and O–H groups in total. The normalized spacial score (nSPS) is 10.3. The highest BCUT2D eigenvalue weighted by atomic mass is 16.3. The van der Waals surface area contributed by atoms with Crippen LogP contribution < -0.4 is 10.2 Å². The molecule has 0 bridgehead atoms. The van der Waals surface area contributed by atoms with E-state index in [0.29, 0.717) is 17.8 Å². The van der Waals surface area contributed by atoms with Gasteiger partial charge in [0.15, 0.2) is 0 Å². The molecule has 0 aliphatic rings. The number of hydrogen-bond donors (Lipinski definition) is 2. The van der Waals surface area contributed by atoms with Crippen molar-refractivity contribution in [2.24, 2.45) is 0 Å². The Morgan fingerprint density at radius 2 is 1.69 bits per heavy atom. The quantitative estimate of drug-likeness (QED) is 0.689. The minimum atomic E-state index is -0.160. The van der Waals surface area contributed by atoms with Gasteiger partial charge in [-0.3, -0.25) is 9.78 Å². The summed E-state index contributed by atoms with van der Waals surface area (Å²) in [4.78, 5) is 18.6. The van der Waals surface area contributed by atoms with Crippen LogP contribution in [0.1, 0.15) is 11.1 Å². The second-order valence-electron chi connectivity index (χ2n) is 5.92. The molecule has 1 amide bonds. The molecule has 0 aliphatic carbocycles. The predicted octanol–water partition coefficient (Wildman–Crippen LogP) is 3.22. The van der Waals surface area contributed by atoms with Gasteiger partial charge in [0.25, 0.3) is 0 Å². The Bertz CT molecular complexity index is 838. The number of nitrogens with one attached hydrogen (secondary N) is 1. The zero-order valence-electron chi connectivity index (χ0n) is 14.4. The van der Waals surface area contributed by atoms with Gasteiger partial charge in [-0.05, 0) is 23.8 Å². The highest BCUT2D eigenvalue weighted by Gasteiger charge is 2.13. The first kappa shape index (κ1) is 17.6. The Labute approximate surface area is 152 Å². The molecule has 0 atom stereocenters. The van der Waals surface area contributed by atoms with Gasteiger partial charge < -0.3 is 15.3 Å². The Balaban J connectivity index is 1.75. The summed E-state index contributed by atoms with van der Waals surface area (Å²) in [6.45, 7) is 0.668. The standard InChI is InChI=1S/C21H21N3O2/c25-16-18-11-12-22-13-20(18)23-21(26)15-24(19-9-5-2-6-10-19)14-17-7-3-1-4-8-17/h1-13,25H,14-16H2,(H,23,26). The van der Waals surface area contributed by atoms with Gasteiger partial charge in [0.1, 0.15) is 0 Å². The Morgan fingerprint density at radius 1 is 1.00 bits per heavy atom. The zero-order chi connectivity index (χ0) is 18.2. The smallest absolute Gasteiger partial charge is 0.243 e. The van der Waals surface area contributed by atoms with Crippen molar-refractivity contribution in [3.63, 3.8) is 0 Å². The van der Waals surface area contributed by atoms with Crippen molar-refractivity contribution < 1.29 is 9.90 Å². The zero-order valence-corrected chi connectivity index (χ0v) is 14.4. The number of aliphatic hydroxyl groups is 1. The summed E-state index contributed by atoms with van der Waals surface area (Å²) in [5.74, 6) is -0.160. The molecule has 0 radical (unpaired) electrons. The molecule has 3 aromatic rings. The third kappa shape index (κ3) is 4.68. The van der Waals surface area contributed by atoms with Crippen molar-refractivity contribution in [3.8, 4) is 0 Å². The van der Waals surface area contributed by atoms with Crippen LogP contribution in [0.15, 0.2) is 79.1 Å². The lowest BCUT2D eigenvalue weighted by Crippen LogP contribution is -2.33. The predicted molar refractivity (Wildman–Crippen MR) is 103 cm³/mol. The lowest BCUT2D eigenvalue weighted by Gasteiger charge is -2.24. The molecule has 1 aromatic heterocycles. The van der Waals surface area contributed by atoms with Gasteiger partial charge in [0.05, 0.1) is 25.0 Å². The molecule has 0 unspecified atom stereocenters. The first-order valence-electron chi connectivity index (χ1n) is 8.44. The first-order chi connectivity index (χ1) is 12.8. The molecular formula is C21H21N3O2. The van der Waals surface area contributed by atoms with Crippen molar-refractivity contribution in [1.82, 2.24) is 4.98 Å². The number of hydrogen-bond acceptors (Lipinski definition) is 4. The first-order valence-corrected chi connectivity index (χ1v) is 8.44. The van der Waals surface area contributed by atoms with E-state index in [1.165, 1.54) is 0 Å². The minimum Gasteiger partial charge on any atom is -0.392 e. The van der Waals surface area contributed by atoms with Crippen LogP contribution in [0.2, 0.25) is 0 Å². The Morgan fingerprint density at radius 3 is 2.38 bits per heavy atom. The van der Waals surface area contributed by atoms with Crippen molar-refractivity contribution >= 4 is 17.3 Å². The average molecular weight is 347 g/mol. The number of para-hydroxylation sites is 1. The number of anilines is 2. The third-order valence-corrected chi connectivity index (χ3v) is 4.03. The summed E-state index contributed by atoms with van der Waals surface area (Å²) in [5, 5.41) is 12.2. The fraction of sp³-hybridized carbons (Fsp3) is 0.143. The van der Waals surface area contributed by atoms with Crippen LogP contribution in [0.5, 0.6) is 0 Å². The molecule has 5 heteroatoms. The molecule has 1 heterocycles. The number of carbonyl (C=O) groups excluding carboxylic acids is 1. The Hall–Kier alpha value is -3.18. The summed E-state index contributed by atoms with van der Waals surface area (Å²) in [6.07, 6.45) is 3.14. The van der Waals surface area contributed by atoms with Crippen LogP contribution in [0, 0.1) is 0 Å². The third-order valence-electron chi connectivity index (χ3n) is 4.03. The highest BCUT2D eigenvalue weighted by Crippen LogP contribution is 2.18. The molecule has 0 spiro atoms. The van der Waals surface area contributed by atoms with E-state index in [2.05, 4.69) is 10.3 Å². The van der Waals surface area contributed by atoms with E-state index in [0.717, 1.165) is 11.3 Å². The molecule has 0 fully saturated rings. The van der Waals surface area contributed by atoms with E-state index in [1.54, 1.807) is 18.5 Å². The number of benzene rings is 2. The second-order valence-corrected chi connectivity index (χ2v) is 5.92. The van der Waals surface area contributed by atoms with Gasteiger partial charge >= 0.3 is 0 Å². The van der Waals surface area contributed by atoms with E-state index in [1.807, 2.05) is 65.6 Å². The van der Waals surface area contributed by atoms with Gasteiger partial charge in [0, 0.05) is 24.0 Å². The fourth-order valence-electron chi connectivity index (χ4n) is 2.72. The van der Waals surface area contributed by atoms with Crippen LogP contribution in [0.4, 0.5) is 11.4 Å². The molecule has 2 aromatic carbocycles. The van der Waals surface area contributed by atoms with E-state index < -0.39 is 0 Å². The lowest BCUT2D eigenvalue weighted by molar-refractivity contribution is -0.115. The monoisotopic (exact) mass is 347 g/mol. The maximum atomic E-state index is 12.6. The van der Waals surface area contributed by atoms with Gasteiger partial charge in [-0.2, -0.15) is 0 Å². The van der Waals surface area contributed by atoms with Crippen LogP contribution in [0.3, 0.4) is 0 Å². The largest absolute Gasteiger partial charge is 0.392 e. The van der Waals surface area contributed by atoms with Crippen LogP contribution in [0.25, 0.3) is 0 Å². The molecular weight excluding hydrogens is 326 g/mol. The maximum absolute atomic E-state index is 12.6. The Kier molecular flexibility index (Phi) is 5.96. The SMILES string of the molecule is O=C(CN(Cc1ccccc1)c1ccccc1)Nc1cnccc1CO. The molecule has 0 aliphatic heterocycles. The molecule has 0 saturated heterocycles. The maximum Gasteiger partial charge on any atom is 0.243 e. The molecule has 5 nitrogen and oxygen atoms in total. The van der Waals surface area contributed by atoms with E-state index in [-0.39, 0.29) is 19.1 Å². The van der Waals surface area contributed by atoms with Crippen LogP contribution in [-0.2, 0) is 17.9 Å². The van der Waals surface area contributed by atoms with Crippen molar-refractivity contribution in [3.05, 3.63) is 90.3 Å². The number of rotatable bonds is 7. The van der Waals surface area contributed by atoms with Crippen LogP contribution >= 0.6 is 0 Å². The van der Waals surface area contributed by atoms with Crippen molar-refractivity contribution in [2.75, 3.05) is 16.8 Å². The van der Waals surface area contributed by atoms with Gasteiger partial charge in [-0.1, -0.05) is 48.5 Å². The fourth-order valence-corrected chi connectivity index (χ4v) is 2.72. The molecule has 26 heavy (non-hydrogen) atoms. The summed E-state index contributed by atoms with van der Waals surface area (Å²) in [5.41, 5.74) is 3.28. The number of aromatic nitrogens is 1. The molecule has 3 rings (SSSR count). The molecule has 0 saturated carbocycles. The van der Waals surface area contributed by atoms with Gasteiger partial charge in [-0.15, -0.1) is 0 Å². The number of carbonyl (C=O) groups is 1. The summed E-state index contributed by atoms with van der Waals surface area (Å²) < 4.78 is 0. The second kappa shape index (κ2) is 8.78. The van der Waals surface area contributed by atoms with E-state index in [4.69, 9.17) is 0 Å². The average Bonchev–Trinajstić information content (AvgIpc) is 2.69. The van der Waals surface area contributed by atoms with Gasteiger partial charge in [-0.25, -0.2) is 0 Å². The van der Waals surface area contributed by atoms with Crippen molar-refractivity contribution in [1.29, 1.82) is 0 Å². The lowest BCUT2D eigenvalue weighted by atomic mass is 10.2. The van der Waals surface area contributed by atoms with E-state index in [9.17, 15) is 9.90 Å². The number of nitrogens with zero attached hydrogens (tertiary/aromatic N) is 2. The highest BCUT2D eigenvalue weighted by molar-refractivity contribution is 5.94. The number of pyridine rings is 1. The number of aliphatic hydroxyl groups excluding tert-OH is 1. The molecule has 132 valence electrons. The summed E-state index contributed by atoms with van der Waals surface area (Å²) in [6, 6.07) is 21.6. The van der Waals surface area contributed by atoms with Crippen molar-refractivity contribution in [2.45, 2.75) is 13.2 Å². The van der Waals surface area contributed by atoms with E-state index >= 15 is 0 Å². The topological polar surface area (TPSA) is 65.5 Å². The minimum absolute atomic E-state index is 0.148. The number of amides is 1. The van der Waals surface area contributed by atoms with Crippen LogP contribution in [-0.4, -0.2) is 22.5 Å².